The Balaban J connectivity index is 1.96. The van der Waals surface area contributed by atoms with E-state index in [-0.39, 0.29) is 24.5 Å². The summed E-state index contributed by atoms with van der Waals surface area (Å²) in [6.07, 6.45) is -4.39. The van der Waals surface area contributed by atoms with Gasteiger partial charge in [-0.15, -0.1) is 0 Å². The Bertz CT molecular complexity index is 715. The van der Waals surface area contributed by atoms with Crippen LogP contribution in [-0.2, 0) is 22.6 Å². The molecule has 1 saturated heterocycles. The van der Waals surface area contributed by atoms with E-state index >= 15 is 0 Å². The number of hydrogen-bond donors (Lipinski definition) is 2. The minimum absolute atomic E-state index is 0.109. The maximum atomic E-state index is 13.3. The van der Waals surface area contributed by atoms with Crippen LogP contribution in [0.25, 0.3) is 0 Å². The monoisotopic (exact) mass is 436 g/mol. The van der Waals surface area contributed by atoms with Crippen molar-refractivity contribution in [1.29, 1.82) is 0 Å². The van der Waals surface area contributed by atoms with Crippen molar-refractivity contribution >= 4 is 5.91 Å². The third kappa shape index (κ3) is 5.10. The van der Waals surface area contributed by atoms with Crippen molar-refractivity contribution in [2.75, 3.05) is 19.6 Å². The highest BCUT2D eigenvalue weighted by Crippen LogP contribution is 2.42. The van der Waals surface area contributed by atoms with Crippen molar-refractivity contribution in [2.24, 2.45) is 5.92 Å². The third-order valence-corrected chi connectivity index (χ3v) is 6.31. The number of carbonyl (C=O) groups is 1. The summed E-state index contributed by atoms with van der Waals surface area (Å²) in [6.45, 7) is 1.09. The highest BCUT2D eigenvalue weighted by Gasteiger charge is 2.45. The molecule has 168 valence electrons. The van der Waals surface area contributed by atoms with Crippen LogP contribution in [0.1, 0.15) is 61.6 Å². The lowest BCUT2D eigenvalue weighted by molar-refractivity contribution is -0.143. The van der Waals surface area contributed by atoms with Crippen LogP contribution in [0.2, 0.25) is 0 Å². The Kier molecular flexibility index (Phi) is 6.69. The maximum Gasteiger partial charge on any atom is 0.416 e. The summed E-state index contributed by atoms with van der Waals surface area (Å²) < 4.78 is 80.0. The van der Waals surface area contributed by atoms with E-state index in [9.17, 15) is 31.1 Å². The van der Waals surface area contributed by atoms with Gasteiger partial charge in [-0.1, -0.05) is 19.3 Å². The van der Waals surface area contributed by atoms with Gasteiger partial charge in [-0.3, -0.25) is 4.79 Å². The van der Waals surface area contributed by atoms with E-state index in [2.05, 4.69) is 10.6 Å². The van der Waals surface area contributed by atoms with Crippen LogP contribution in [0.3, 0.4) is 0 Å². The molecule has 0 radical (unpaired) electrons. The topological polar surface area (TPSA) is 41.1 Å². The number of halogens is 6. The average molecular weight is 436 g/mol. The predicted octanol–water partition coefficient (Wildman–Crippen LogP) is 5.04. The molecule has 1 aromatic carbocycles. The van der Waals surface area contributed by atoms with E-state index in [1.54, 1.807) is 0 Å². The molecular weight excluding hydrogens is 410 g/mol. The zero-order valence-corrected chi connectivity index (χ0v) is 16.6. The normalized spacial score (nSPS) is 20.7. The van der Waals surface area contributed by atoms with Gasteiger partial charge in [0.25, 0.3) is 0 Å². The first-order chi connectivity index (χ1) is 14.0. The number of amides is 1. The van der Waals surface area contributed by atoms with Crippen molar-refractivity contribution < 1.29 is 31.1 Å². The summed E-state index contributed by atoms with van der Waals surface area (Å²) in [7, 11) is 0. The number of nitrogens with one attached hydrogen (secondary N) is 2. The van der Waals surface area contributed by atoms with E-state index < -0.39 is 34.8 Å². The van der Waals surface area contributed by atoms with Crippen LogP contribution in [0.5, 0.6) is 0 Å². The van der Waals surface area contributed by atoms with Gasteiger partial charge in [-0.2, -0.15) is 26.3 Å². The summed E-state index contributed by atoms with van der Waals surface area (Å²) in [6, 6.07) is 1.53. The molecule has 1 heterocycles. The fourth-order valence-corrected chi connectivity index (χ4v) is 4.53. The lowest BCUT2D eigenvalue weighted by atomic mass is 9.71. The maximum absolute atomic E-state index is 13.3. The number of piperidine rings is 1. The summed E-state index contributed by atoms with van der Waals surface area (Å²) >= 11 is 0. The van der Waals surface area contributed by atoms with Gasteiger partial charge < -0.3 is 10.6 Å². The second-order valence-corrected chi connectivity index (χ2v) is 8.34. The van der Waals surface area contributed by atoms with Crippen molar-refractivity contribution in [1.82, 2.24) is 10.6 Å². The highest BCUT2D eigenvalue weighted by atomic mass is 19.4. The molecule has 2 aliphatic rings. The van der Waals surface area contributed by atoms with E-state index in [1.165, 1.54) is 0 Å². The molecule has 1 amide bonds. The first kappa shape index (κ1) is 22.9. The third-order valence-electron chi connectivity index (χ3n) is 6.31. The molecule has 30 heavy (non-hydrogen) atoms. The number of hydrogen-bond acceptors (Lipinski definition) is 2. The highest BCUT2D eigenvalue weighted by molar-refractivity contribution is 5.88. The van der Waals surface area contributed by atoms with E-state index in [4.69, 9.17) is 0 Å². The number of benzene rings is 1. The van der Waals surface area contributed by atoms with Gasteiger partial charge in [0, 0.05) is 6.54 Å². The molecule has 1 aliphatic carbocycles. The SMILES string of the molecule is O=C(NCC1CCCCC1)C1(c2cc(C(F)(F)F)cc(C(F)(F)F)c2)CCNCC1. The molecule has 2 fully saturated rings. The van der Waals surface area contributed by atoms with Gasteiger partial charge in [-0.25, -0.2) is 0 Å². The van der Waals surface area contributed by atoms with Gasteiger partial charge in [-0.05, 0) is 68.5 Å². The molecule has 1 aliphatic heterocycles. The van der Waals surface area contributed by atoms with Gasteiger partial charge >= 0.3 is 12.4 Å². The largest absolute Gasteiger partial charge is 0.416 e. The lowest BCUT2D eigenvalue weighted by Crippen LogP contribution is -2.51. The average Bonchev–Trinajstić information content (AvgIpc) is 2.71. The predicted molar refractivity (Wildman–Crippen MR) is 99.8 cm³/mol. The van der Waals surface area contributed by atoms with Crippen molar-refractivity contribution in [3.63, 3.8) is 0 Å². The molecule has 1 aromatic rings. The summed E-state index contributed by atoms with van der Waals surface area (Å²) in [4.78, 5) is 13.2. The zero-order valence-electron chi connectivity index (χ0n) is 16.6. The van der Waals surface area contributed by atoms with Crippen LogP contribution in [0.4, 0.5) is 26.3 Å². The van der Waals surface area contributed by atoms with Gasteiger partial charge in [0.2, 0.25) is 5.91 Å². The minimum Gasteiger partial charge on any atom is -0.355 e. The Morgan fingerprint density at radius 1 is 0.933 bits per heavy atom. The Morgan fingerprint density at radius 2 is 1.47 bits per heavy atom. The molecule has 0 aromatic heterocycles. The first-order valence-electron chi connectivity index (χ1n) is 10.3. The smallest absolute Gasteiger partial charge is 0.355 e. The summed E-state index contributed by atoms with van der Waals surface area (Å²) in [5.74, 6) is -0.185. The van der Waals surface area contributed by atoms with Crippen molar-refractivity contribution in [3.8, 4) is 0 Å². The molecule has 0 atom stereocenters. The molecule has 0 spiro atoms. The van der Waals surface area contributed by atoms with Crippen LogP contribution in [0, 0.1) is 5.92 Å². The summed E-state index contributed by atoms with van der Waals surface area (Å²) in [5, 5.41) is 5.88. The standard InChI is InChI=1S/C21H26F6N2O/c22-20(23,24)16-10-15(11-17(12-16)21(25,26)27)19(6-8-28-9-7-19)18(30)29-13-14-4-2-1-3-5-14/h10-12,14,28H,1-9,13H2,(H,29,30). The molecule has 0 bridgehead atoms. The lowest BCUT2D eigenvalue weighted by Gasteiger charge is -2.38. The molecule has 3 rings (SSSR count). The van der Waals surface area contributed by atoms with E-state index in [0.717, 1.165) is 32.1 Å². The fraction of sp³-hybridized carbons (Fsp3) is 0.667. The Morgan fingerprint density at radius 3 is 1.97 bits per heavy atom. The van der Waals surface area contributed by atoms with Crippen LogP contribution in [0.15, 0.2) is 18.2 Å². The number of rotatable bonds is 4. The van der Waals surface area contributed by atoms with E-state index in [0.29, 0.717) is 37.7 Å². The molecule has 0 unspecified atom stereocenters. The Hall–Kier alpha value is -1.77. The first-order valence-corrected chi connectivity index (χ1v) is 10.3. The summed E-state index contributed by atoms with van der Waals surface area (Å²) in [5.41, 5.74) is -4.40. The Labute approximate surface area is 171 Å². The number of alkyl halides is 6. The number of carbonyl (C=O) groups excluding carboxylic acids is 1. The molecule has 2 N–H and O–H groups in total. The van der Waals surface area contributed by atoms with Gasteiger partial charge in [0.15, 0.2) is 0 Å². The molecule has 3 nitrogen and oxygen atoms in total. The van der Waals surface area contributed by atoms with E-state index in [1.807, 2.05) is 0 Å². The quantitative estimate of drug-likeness (QED) is 0.650. The van der Waals surface area contributed by atoms with Gasteiger partial charge in [0.1, 0.15) is 0 Å². The zero-order chi connectivity index (χ0) is 22.0. The molecule has 1 saturated carbocycles. The molecular formula is C21H26F6N2O. The van der Waals surface area contributed by atoms with Crippen molar-refractivity contribution in [2.45, 2.75) is 62.7 Å². The fourth-order valence-electron chi connectivity index (χ4n) is 4.53. The van der Waals surface area contributed by atoms with Gasteiger partial charge in [0.05, 0.1) is 16.5 Å². The van der Waals surface area contributed by atoms with Crippen LogP contribution < -0.4 is 10.6 Å². The van der Waals surface area contributed by atoms with Crippen LogP contribution >= 0.6 is 0 Å². The van der Waals surface area contributed by atoms with Crippen molar-refractivity contribution in [3.05, 3.63) is 34.9 Å². The molecule has 9 heteroatoms. The second-order valence-electron chi connectivity index (χ2n) is 8.34. The van der Waals surface area contributed by atoms with Crippen LogP contribution in [-0.4, -0.2) is 25.5 Å². The minimum atomic E-state index is -4.94. The second kappa shape index (κ2) is 8.77.